The molecule has 3 atom stereocenters. The maximum atomic E-state index is 12.4. The van der Waals surface area contributed by atoms with Crippen molar-refractivity contribution >= 4 is 17.9 Å². The van der Waals surface area contributed by atoms with Gasteiger partial charge in [0, 0.05) is 6.04 Å². The summed E-state index contributed by atoms with van der Waals surface area (Å²) in [7, 11) is 0. The molecule has 1 saturated heterocycles. The maximum Gasteiger partial charge on any atom is 0.321 e. The van der Waals surface area contributed by atoms with Crippen molar-refractivity contribution in [1.29, 1.82) is 0 Å². The largest absolute Gasteiger partial charge is 0.466 e. The second-order valence-corrected chi connectivity index (χ2v) is 7.22. The van der Waals surface area contributed by atoms with E-state index in [1.54, 1.807) is 6.92 Å². The molecule has 3 N–H and O–H groups in total. The zero-order chi connectivity index (χ0) is 18.2. The molecule has 0 aromatic heterocycles. The topological polar surface area (TPSA) is 88.9 Å². The number of carbonyl (C=O) groups is 3. The molecule has 0 aromatic carbocycles. The average molecular weight is 354 g/mol. The molecule has 0 bridgehead atoms. The van der Waals surface area contributed by atoms with E-state index in [9.17, 15) is 14.4 Å². The molecule has 1 heterocycles. The van der Waals surface area contributed by atoms with Gasteiger partial charge in [0.05, 0.1) is 19.7 Å². The number of piperidine rings is 1. The van der Waals surface area contributed by atoms with Crippen LogP contribution in [0.1, 0.15) is 58.8 Å². The van der Waals surface area contributed by atoms with Gasteiger partial charge in [-0.15, -0.1) is 0 Å². The van der Waals surface area contributed by atoms with Gasteiger partial charge in [0.1, 0.15) is 5.92 Å². The molecule has 1 unspecified atom stereocenters. The summed E-state index contributed by atoms with van der Waals surface area (Å²) >= 11 is 0. The number of amides is 3. The molecule has 0 aromatic rings. The zero-order valence-electron chi connectivity index (χ0n) is 15.4. The predicted molar refractivity (Wildman–Crippen MR) is 93.1 cm³/mol. The van der Waals surface area contributed by atoms with Gasteiger partial charge in [-0.3, -0.25) is 14.9 Å². The summed E-state index contributed by atoms with van der Waals surface area (Å²) in [6.07, 6.45) is 7.12. The van der Waals surface area contributed by atoms with Gasteiger partial charge in [0.25, 0.3) is 5.91 Å². The predicted octanol–water partition coefficient (Wildman–Crippen LogP) is 0.391. The summed E-state index contributed by atoms with van der Waals surface area (Å²) in [5.41, 5.74) is 0. The average Bonchev–Trinajstić information content (AvgIpc) is 2.62. The highest BCUT2D eigenvalue weighted by atomic mass is 16.5. The normalized spacial score (nSPS) is 25.7. The van der Waals surface area contributed by atoms with Gasteiger partial charge < -0.3 is 15.0 Å². The van der Waals surface area contributed by atoms with Crippen molar-refractivity contribution in [1.82, 2.24) is 10.6 Å². The number of quaternary nitrogens is 1. The fourth-order valence-corrected chi connectivity index (χ4v) is 3.82. The van der Waals surface area contributed by atoms with Crippen molar-refractivity contribution < 1.29 is 24.0 Å². The molecule has 3 amide bonds. The molecule has 1 aliphatic heterocycles. The van der Waals surface area contributed by atoms with Crippen LogP contribution in [-0.2, 0) is 14.3 Å². The highest BCUT2D eigenvalue weighted by Crippen LogP contribution is 2.17. The van der Waals surface area contributed by atoms with E-state index < -0.39 is 6.03 Å². The lowest BCUT2D eigenvalue weighted by atomic mass is 9.96. The number of likely N-dealkylation sites (tertiary alicyclic amines) is 1. The van der Waals surface area contributed by atoms with Crippen LogP contribution in [0, 0.1) is 5.92 Å². The fraction of sp³-hybridized carbons (Fsp3) is 0.833. The Morgan fingerprint density at radius 1 is 1.12 bits per heavy atom. The Bertz CT molecular complexity index is 477. The first-order valence-corrected chi connectivity index (χ1v) is 9.63. The Labute approximate surface area is 149 Å². The molecule has 142 valence electrons. The van der Waals surface area contributed by atoms with Crippen molar-refractivity contribution in [3.8, 4) is 0 Å². The number of nitrogens with one attached hydrogen (secondary N) is 3. The fourth-order valence-electron chi connectivity index (χ4n) is 3.82. The van der Waals surface area contributed by atoms with Crippen LogP contribution in [0.3, 0.4) is 0 Å². The minimum absolute atomic E-state index is 0.157. The van der Waals surface area contributed by atoms with Gasteiger partial charge in [-0.05, 0) is 39.5 Å². The van der Waals surface area contributed by atoms with Gasteiger partial charge in [-0.2, -0.15) is 0 Å². The molecular formula is C18H32N3O4+. The van der Waals surface area contributed by atoms with Crippen LogP contribution >= 0.6 is 0 Å². The van der Waals surface area contributed by atoms with Crippen molar-refractivity contribution in [3.63, 3.8) is 0 Å². The Kier molecular flexibility index (Phi) is 7.68. The number of imide groups is 1. The molecule has 7 nitrogen and oxygen atoms in total. The molecule has 7 heteroatoms. The number of ether oxygens (including phenoxy) is 1. The summed E-state index contributed by atoms with van der Waals surface area (Å²) in [6, 6.07) is -0.594. The molecule has 2 aliphatic rings. The zero-order valence-corrected chi connectivity index (χ0v) is 15.4. The lowest BCUT2D eigenvalue weighted by molar-refractivity contribution is -0.921. The molecule has 2 rings (SSSR count). The minimum Gasteiger partial charge on any atom is -0.466 e. The first kappa shape index (κ1) is 19.7. The Morgan fingerprint density at radius 3 is 2.52 bits per heavy atom. The lowest BCUT2D eigenvalue weighted by Crippen LogP contribution is -3.18. The number of carbonyl (C=O) groups excluding carboxylic acids is 3. The summed E-state index contributed by atoms with van der Waals surface area (Å²) in [6.45, 7) is 5.40. The summed E-state index contributed by atoms with van der Waals surface area (Å²) < 4.78 is 5.10. The third-order valence-electron chi connectivity index (χ3n) is 5.36. The van der Waals surface area contributed by atoms with Gasteiger partial charge in [-0.1, -0.05) is 19.3 Å². The van der Waals surface area contributed by atoms with Crippen molar-refractivity contribution in [3.05, 3.63) is 0 Å². The van der Waals surface area contributed by atoms with Crippen LogP contribution in [-0.4, -0.2) is 49.7 Å². The Balaban J connectivity index is 1.79. The highest BCUT2D eigenvalue weighted by molar-refractivity contribution is 5.96. The molecule has 0 spiro atoms. The second kappa shape index (κ2) is 9.75. The monoisotopic (exact) mass is 354 g/mol. The molecule has 1 aliphatic carbocycles. The SMILES string of the molecule is CCOC(=O)[C@H]1CCC[NH+]([C@@H](C)C(=O)NC(=O)NC2CCCCC2)C1. The van der Waals surface area contributed by atoms with Gasteiger partial charge >= 0.3 is 12.0 Å². The van der Waals surface area contributed by atoms with E-state index in [0.29, 0.717) is 13.2 Å². The Hall–Kier alpha value is -1.63. The number of rotatable bonds is 5. The minimum atomic E-state index is -0.401. The Morgan fingerprint density at radius 2 is 1.84 bits per heavy atom. The van der Waals surface area contributed by atoms with Crippen LogP contribution in [0.5, 0.6) is 0 Å². The van der Waals surface area contributed by atoms with Crippen LogP contribution in [0.2, 0.25) is 0 Å². The third-order valence-corrected chi connectivity index (χ3v) is 5.36. The molecule has 0 radical (unpaired) electrons. The van der Waals surface area contributed by atoms with Crippen LogP contribution in [0.4, 0.5) is 4.79 Å². The van der Waals surface area contributed by atoms with E-state index in [4.69, 9.17) is 4.74 Å². The van der Waals surface area contributed by atoms with Crippen LogP contribution < -0.4 is 15.5 Å². The smallest absolute Gasteiger partial charge is 0.321 e. The number of esters is 1. The molecule has 25 heavy (non-hydrogen) atoms. The van der Waals surface area contributed by atoms with E-state index in [2.05, 4.69) is 10.6 Å². The first-order chi connectivity index (χ1) is 12.0. The van der Waals surface area contributed by atoms with Crippen molar-refractivity contribution in [2.75, 3.05) is 19.7 Å². The summed E-state index contributed by atoms with van der Waals surface area (Å²) in [4.78, 5) is 37.4. The van der Waals surface area contributed by atoms with Crippen LogP contribution in [0.25, 0.3) is 0 Å². The summed E-state index contributed by atoms with van der Waals surface area (Å²) in [5, 5.41) is 5.36. The van der Waals surface area contributed by atoms with Crippen molar-refractivity contribution in [2.45, 2.75) is 70.9 Å². The van der Waals surface area contributed by atoms with Gasteiger partial charge in [0.15, 0.2) is 6.04 Å². The van der Waals surface area contributed by atoms with Crippen molar-refractivity contribution in [2.24, 2.45) is 5.92 Å². The first-order valence-electron chi connectivity index (χ1n) is 9.63. The second-order valence-electron chi connectivity index (χ2n) is 7.22. The molecule has 1 saturated carbocycles. The number of hydrogen-bond acceptors (Lipinski definition) is 4. The molecule has 2 fully saturated rings. The lowest BCUT2D eigenvalue weighted by Gasteiger charge is -2.32. The molecular weight excluding hydrogens is 322 g/mol. The van der Waals surface area contributed by atoms with E-state index in [1.807, 2.05) is 6.92 Å². The van der Waals surface area contributed by atoms with E-state index in [1.165, 1.54) is 6.42 Å². The standard InChI is InChI=1S/C18H31N3O4/c1-3-25-17(23)14-8-7-11-21(12-14)13(2)16(22)20-18(24)19-15-9-5-4-6-10-15/h13-15H,3-12H2,1-2H3,(H2,19,20,22,24)/p+1/t13-,14-/m0/s1. The third kappa shape index (κ3) is 5.99. The number of urea groups is 1. The maximum absolute atomic E-state index is 12.4. The highest BCUT2D eigenvalue weighted by Gasteiger charge is 2.35. The quantitative estimate of drug-likeness (QED) is 0.623. The van der Waals surface area contributed by atoms with E-state index in [-0.39, 0.29) is 29.9 Å². The van der Waals surface area contributed by atoms with Gasteiger partial charge in [0.2, 0.25) is 0 Å². The van der Waals surface area contributed by atoms with Crippen LogP contribution in [0.15, 0.2) is 0 Å². The van der Waals surface area contributed by atoms with E-state index in [0.717, 1.165) is 50.0 Å². The summed E-state index contributed by atoms with van der Waals surface area (Å²) in [5.74, 6) is -0.620. The van der Waals surface area contributed by atoms with E-state index >= 15 is 0 Å². The van der Waals surface area contributed by atoms with Gasteiger partial charge in [-0.25, -0.2) is 4.79 Å². The number of hydrogen-bond donors (Lipinski definition) is 3.